The molecule has 0 saturated carbocycles. The fraction of sp³-hybridized carbons (Fsp3) is 0.300. The molecule has 7 heteroatoms. The molecule has 142 valence electrons. The average molecular weight is 387 g/mol. The molecule has 1 saturated heterocycles. The second-order valence-electron chi connectivity index (χ2n) is 6.42. The largest absolute Gasteiger partial charge is 0.550 e. The number of benzene rings is 2. The molecule has 0 atom stereocenters. The fourth-order valence-electron chi connectivity index (χ4n) is 3.07. The van der Waals surface area contributed by atoms with Crippen LogP contribution in [0.4, 0.5) is 17.1 Å². The summed E-state index contributed by atoms with van der Waals surface area (Å²) < 4.78 is 0. The third-order valence-electron chi connectivity index (χ3n) is 4.54. The molecule has 2 aromatic carbocycles. The van der Waals surface area contributed by atoms with Crippen LogP contribution in [0.25, 0.3) is 0 Å². The number of carbonyl (C=O) groups excluding carboxylic acids is 2. The first-order valence-electron chi connectivity index (χ1n) is 8.86. The molecule has 2 aromatic rings. The zero-order chi connectivity index (χ0) is 19.2. The Bertz CT molecular complexity index is 785. The van der Waals surface area contributed by atoms with Gasteiger partial charge in [0.15, 0.2) is 0 Å². The van der Waals surface area contributed by atoms with Crippen molar-refractivity contribution >= 4 is 40.5 Å². The smallest absolute Gasteiger partial charge is 0.224 e. The zero-order valence-electron chi connectivity index (χ0n) is 14.9. The van der Waals surface area contributed by atoms with E-state index in [0.29, 0.717) is 5.69 Å². The van der Waals surface area contributed by atoms with E-state index >= 15 is 0 Å². The predicted molar refractivity (Wildman–Crippen MR) is 105 cm³/mol. The van der Waals surface area contributed by atoms with Crippen LogP contribution in [0.1, 0.15) is 12.8 Å². The van der Waals surface area contributed by atoms with Crippen LogP contribution in [-0.4, -0.2) is 38.1 Å². The van der Waals surface area contributed by atoms with E-state index in [1.165, 1.54) is 5.69 Å². The van der Waals surface area contributed by atoms with Gasteiger partial charge in [0, 0.05) is 60.7 Å². The van der Waals surface area contributed by atoms with E-state index in [-0.39, 0.29) is 18.7 Å². The van der Waals surface area contributed by atoms with Crippen molar-refractivity contribution < 1.29 is 14.7 Å². The van der Waals surface area contributed by atoms with E-state index in [1.54, 1.807) is 0 Å². The fourth-order valence-corrected chi connectivity index (χ4v) is 3.20. The minimum absolute atomic E-state index is 0.0866. The molecule has 0 spiro atoms. The molecule has 1 N–H and O–H groups in total. The lowest BCUT2D eigenvalue weighted by Gasteiger charge is -2.37. The van der Waals surface area contributed by atoms with Crippen molar-refractivity contribution in [2.24, 2.45) is 0 Å². The highest BCUT2D eigenvalue weighted by molar-refractivity contribution is 6.30. The zero-order valence-corrected chi connectivity index (χ0v) is 15.6. The second kappa shape index (κ2) is 8.77. The summed E-state index contributed by atoms with van der Waals surface area (Å²) in [5.74, 6) is -1.55. The molecule has 3 rings (SSSR count). The summed E-state index contributed by atoms with van der Waals surface area (Å²) in [5.41, 5.74) is 2.93. The molecule has 6 nitrogen and oxygen atoms in total. The predicted octanol–water partition coefficient (Wildman–Crippen LogP) is 2.14. The first-order valence-corrected chi connectivity index (χ1v) is 9.24. The number of carboxylic acids is 1. The number of halogens is 1. The van der Waals surface area contributed by atoms with Crippen LogP contribution >= 0.6 is 11.6 Å². The number of aliphatic carboxylic acids is 1. The highest BCUT2D eigenvalue weighted by atomic mass is 35.5. The maximum absolute atomic E-state index is 11.7. The molecule has 1 fully saturated rings. The van der Waals surface area contributed by atoms with Gasteiger partial charge in [-0.3, -0.25) is 4.79 Å². The van der Waals surface area contributed by atoms with Crippen LogP contribution < -0.4 is 20.2 Å². The van der Waals surface area contributed by atoms with Crippen molar-refractivity contribution in [1.82, 2.24) is 0 Å². The number of hydrogen-bond acceptors (Lipinski definition) is 5. The first kappa shape index (κ1) is 19.0. The number of piperazine rings is 1. The summed E-state index contributed by atoms with van der Waals surface area (Å²) in [6, 6.07) is 15.5. The topological polar surface area (TPSA) is 75.7 Å². The average Bonchev–Trinajstić information content (AvgIpc) is 2.68. The number of amides is 1. The number of carboxylic acid groups (broad SMARTS) is 1. The molecule has 1 amide bonds. The Hall–Kier alpha value is -2.73. The Morgan fingerprint density at radius 2 is 1.33 bits per heavy atom. The molecule has 0 radical (unpaired) electrons. The number of carbonyl (C=O) groups is 2. The minimum atomic E-state index is -1.22. The number of anilines is 3. The molecule has 0 aromatic heterocycles. The van der Waals surface area contributed by atoms with E-state index in [2.05, 4.69) is 15.1 Å². The summed E-state index contributed by atoms with van der Waals surface area (Å²) in [7, 11) is 0. The standard InChI is InChI=1S/C20H22ClN3O3/c21-15-1-5-17(6-2-15)23-11-13-24(14-12-23)18-7-3-16(4-8-18)22-19(25)9-10-20(26)27/h1-8H,9-14H2,(H,22,25)(H,26,27)/p-1. The Kier molecular flexibility index (Phi) is 6.19. The molecule has 0 unspecified atom stereocenters. The van der Waals surface area contributed by atoms with Gasteiger partial charge in [-0.25, -0.2) is 0 Å². The van der Waals surface area contributed by atoms with Crippen molar-refractivity contribution in [3.63, 3.8) is 0 Å². The van der Waals surface area contributed by atoms with Gasteiger partial charge in [0.2, 0.25) is 5.91 Å². The summed E-state index contributed by atoms with van der Waals surface area (Å²) in [6.07, 6.45) is -0.363. The lowest BCUT2D eigenvalue weighted by Crippen LogP contribution is -2.46. The molecule has 1 aliphatic heterocycles. The highest BCUT2D eigenvalue weighted by Gasteiger charge is 2.17. The molecule has 0 aliphatic carbocycles. The van der Waals surface area contributed by atoms with Gasteiger partial charge in [-0.05, 0) is 55.0 Å². The van der Waals surface area contributed by atoms with Crippen molar-refractivity contribution in [2.45, 2.75) is 12.8 Å². The molecule has 1 aliphatic rings. The van der Waals surface area contributed by atoms with Gasteiger partial charge in [0.1, 0.15) is 0 Å². The second-order valence-corrected chi connectivity index (χ2v) is 6.85. The molecular weight excluding hydrogens is 366 g/mol. The van der Waals surface area contributed by atoms with Gasteiger partial charge in [0.25, 0.3) is 0 Å². The van der Waals surface area contributed by atoms with Crippen molar-refractivity contribution in [3.8, 4) is 0 Å². The van der Waals surface area contributed by atoms with E-state index in [1.807, 2.05) is 48.5 Å². The Balaban J connectivity index is 1.52. The van der Waals surface area contributed by atoms with Gasteiger partial charge in [-0.2, -0.15) is 0 Å². The van der Waals surface area contributed by atoms with Gasteiger partial charge in [-0.1, -0.05) is 11.6 Å². The van der Waals surface area contributed by atoms with Crippen molar-refractivity contribution in [3.05, 3.63) is 53.6 Å². The van der Waals surface area contributed by atoms with Crippen LogP contribution in [0, 0.1) is 0 Å². The Morgan fingerprint density at radius 3 is 1.81 bits per heavy atom. The van der Waals surface area contributed by atoms with Crippen LogP contribution in [0.5, 0.6) is 0 Å². The number of rotatable bonds is 6. The summed E-state index contributed by atoms with van der Waals surface area (Å²) >= 11 is 5.95. The number of hydrogen-bond donors (Lipinski definition) is 1. The number of nitrogens with zero attached hydrogens (tertiary/aromatic N) is 2. The maximum atomic E-state index is 11.7. The highest BCUT2D eigenvalue weighted by Crippen LogP contribution is 2.23. The summed E-state index contributed by atoms with van der Waals surface area (Å²) in [5, 5.41) is 13.8. The third kappa shape index (κ3) is 5.37. The molecular formula is C20H21ClN3O3-. The van der Waals surface area contributed by atoms with E-state index in [4.69, 9.17) is 11.6 Å². The van der Waals surface area contributed by atoms with Crippen molar-refractivity contribution in [1.29, 1.82) is 0 Å². The minimum Gasteiger partial charge on any atom is -0.550 e. The van der Waals surface area contributed by atoms with Crippen LogP contribution in [0.3, 0.4) is 0 Å². The monoisotopic (exact) mass is 386 g/mol. The van der Waals surface area contributed by atoms with Gasteiger partial charge in [-0.15, -0.1) is 0 Å². The third-order valence-corrected chi connectivity index (χ3v) is 4.80. The quantitative estimate of drug-likeness (QED) is 0.823. The summed E-state index contributed by atoms with van der Waals surface area (Å²) in [6.45, 7) is 3.65. The van der Waals surface area contributed by atoms with Crippen LogP contribution in [0.15, 0.2) is 48.5 Å². The van der Waals surface area contributed by atoms with Crippen LogP contribution in [-0.2, 0) is 9.59 Å². The van der Waals surface area contributed by atoms with E-state index < -0.39 is 5.97 Å². The lowest BCUT2D eigenvalue weighted by molar-refractivity contribution is -0.305. The normalized spacial score (nSPS) is 14.1. The van der Waals surface area contributed by atoms with Crippen LogP contribution in [0.2, 0.25) is 5.02 Å². The van der Waals surface area contributed by atoms with E-state index in [0.717, 1.165) is 36.9 Å². The number of nitrogens with one attached hydrogen (secondary N) is 1. The SMILES string of the molecule is O=C([O-])CCC(=O)Nc1ccc(N2CCN(c3ccc(Cl)cc3)CC2)cc1. The van der Waals surface area contributed by atoms with Gasteiger partial charge in [0.05, 0.1) is 0 Å². The van der Waals surface area contributed by atoms with E-state index in [9.17, 15) is 14.7 Å². The molecule has 27 heavy (non-hydrogen) atoms. The summed E-state index contributed by atoms with van der Waals surface area (Å²) in [4.78, 5) is 26.7. The Morgan fingerprint density at radius 1 is 0.852 bits per heavy atom. The molecule has 0 bridgehead atoms. The van der Waals surface area contributed by atoms with Crippen molar-refractivity contribution in [2.75, 3.05) is 41.3 Å². The van der Waals surface area contributed by atoms with Gasteiger partial charge >= 0.3 is 0 Å². The maximum Gasteiger partial charge on any atom is 0.224 e. The lowest BCUT2D eigenvalue weighted by atomic mass is 10.2. The first-order chi connectivity index (χ1) is 13.0. The molecule has 1 heterocycles. The van der Waals surface area contributed by atoms with Gasteiger partial charge < -0.3 is 25.0 Å². The Labute approximate surface area is 163 Å².